The Morgan fingerprint density at radius 1 is 1.25 bits per heavy atom. The van der Waals surface area contributed by atoms with Crippen molar-refractivity contribution in [1.82, 2.24) is 0 Å². The van der Waals surface area contributed by atoms with Gasteiger partial charge in [0.2, 0.25) is 0 Å². The van der Waals surface area contributed by atoms with Crippen LogP contribution in [-0.2, 0) is 4.79 Å². The van der Waals surface area contributed by atoms with Crippen LogP contribution in [0.3, 0.4) is 0 Å². The van der Waals surface area contributed by atoms with E-state index in [0.29, 0.717) is 12.2 Å². The van der Waals surface area contributed by atoms with Crippen molar-refractivity contribution in [2.75, 3.05) is 11.4 Å². The number of carbonyl (C=O) groups is 1. The number of rotatable bonds is 5. The Labute approximate surface area is 98.3 Å². The third-order valence-corrected chi connectivity index (χ3v) is 2.99. The molecule has 0 aromatic heterocycles. The lowest BCUT2D eigenvalue weighted by atomic mass is 10.1. The van der Waals surface area contributed by atoms with Crippen LogP contribution < -0.4 is 4.90 Å². The second-order valence-electron chi connectivity index (χ2n) is 4.12. The van der Waals surface area contributed by atoms with Gasteiger partial charge in [-0.25, -0.2) is 0 Å². The van der Waals surface area contributed by atoms with Crippen molar-refractivity contribution >= 4 is 11.5 Å². The molecule has 0 amide bonds. The molecule has 0 heterocycles. The van der Waals surface area contributed by atoms with E-state index < -0.39 is 0 Å². The quantitative estimate of drug-likeness (QED) is 0.758. The van der Waals surface area contributed by atoms with Crippen molar-refractivity contribution in [3.05, 3.63) is 29.8 Å². The molecule has 0 fully saturated rings. The summed E-state index contributed by atoms with van der Waals surface area (Å²) in [6.07, 6.45) is 0.601. The summed E-state index contributed by atoms with van der Waals surface area (Å²) in [6, 6.07) is 8.30. The van der Waals surface area contributed by atoms with Crippen molar-refractivity contribution in [2.45, 2.75) is 40.2 Å². The number of ketones is 1. The van der Waals surface area contributed by atoms with Crippen LogP contribution in [0.2, 0.25) is 0 Å². The maximum absolute atomic E-state index is 11.7. The standard InChI is InChI=1S/C14H21NO/c1-5-14(16)12(4)15(6-2)13-9-7-11(3)8-10-13/h7-10,12H,5-6H2,1-4H3. The molecule has 1 atom stereocenters. The fraction of sp³-hybridized carbons (Fsp3) is 0.500. The molecule has 0 saturated carbocycles. The van der Waals surface area contributed by atoms with Gasteiger partial charge in [-0.15, -0.1) is 0 Å². The van der Waals surface area contributed by atoms with E-state index in [2.05, 4.69) is 43.0 Å². The SMILES string of the molecule is CCC(=O)C(C)N(CC)c1ccc(C)cc1. The molecule has 0 aliphatic heterocycles. The predicted molar refractivity (Wildman–Crippen MR) is 69.0 cm³/mol. The van der Waals surface area contributed by atoms with Crippen LogP contribution in [0.5, 0.6) is 0 Å². The van der Waals surface area contributed by atoms with Gasteiger partial charge >= 0.3 is 0 Å². The third-order valence-electron chi connectivity index (χ3n) is 2.99. The van der Waals surface area contributed by atoms with E-state index in [9.17, 15) is 4.79 Å². The predicted octanol–water partition coefficient (Wildman–Crippen LogP) is 3.19. The van der Waals surface area contributed by atoms with Crippen LogP contribution in [-0.4, -0.2) is 18.4 Å². The number of hydrogen-bond acceptors (Lipinski definition) is 2. The van der Waals surface area contributed by atoms with E-state index >= 15 is 0 Å². The Morgan fingerprint density at radius 2 is 1.81 bits per heavy atom. The molecule has 1 aromatic rings. The van der Waals surface area contributed by atoms with E-state index in [0.717, 1.165) is 12.2 Å². The van der Waals surface area contributed by atoms with Crippen molar-refractivity contribution < 1.29 is 4.79 Å². The van der Waals surface area contributed by atoms with Crippen LogP contribution in [0, 0.1) is 6.92 Å². The van der Waals surface area contributed by atoms with E-state index in [4.69, 9.17) is 0 Å². The molecule has 2 heteroatoms. The molecule has 16 heavy (non-hydrogen) atoms. The second-order valence-corrected chi connectivity index (χ2v) is 4.12. The molecule has 0 N–H and O–H groups in total. The summed E-state index contributed by atoms with van der Waals surface area (Å²) < 4.78 is 0. The topological polar surface area (TPSA) is 20.3 Å². The lowest BCUT2D eigenvalue weighted by Crippen LogP contribution is -2.38. The van der Waals surface area contributed by atoms with Crippen LogP contribution in [0.15, 0.2) is 24.3 Å². The van der Waals surface area contributed by atoms with E-state index in [-0.39, 0.29) is 6.04 Å². The van der Waals surface area contributed by atoms with Gasteiger partial charge in [0.15, 0.2) is 5.78 Å². The van der Waals surface area contributed by atoms with Gasteiger partial charge in [0.25, 0.3) is 0 Å². The molecule has 1 rings (SSSR count). The average Bonchev–Trinajstić information content (AvgIpc) is 2.31. The highest BCUT2D eigenvalue weighted by molar-refractivity contribution is 5.86. The molecule has 0 aliphatic rings. The highest BCUT2D eigenvalue weighted by atomic mass is 16.1. The van der Waals surface area contributed by atoms with Gasteiger partial charge in [0.1, 0.15) is 0 Å². The first-order valence-corrected chi connectivity index (χ1v) is 5.96. The first-order chi connectivity index (χ1) is 7.60. The van der Waals surface area contributed by atoms with Crippen LogP contribution in [0.25, 0.3) is 0 Å². The lowest BCUT2D eigenvalue weighted by molar-refractivity contribution is -0.119. The van der Waals surface area contributed by atoms with Crippen LogP contribution in [0.4, 0.5) is 5.69 Å². The number of nitrogens with zero attached hydrogens (tertiary/aromatic N) is 1. The molecule has 88 valence electrons. The van der Waals surface area contributed by atoms with Gasteiger partial charge in [-0.05, 0) is 32.9 Å². The minimum atomic E-state index is -0.0299. The maximum atomic E-state index is 11.7. The first-order valence-electron chi connectivity index (χ1n) is 5.96. The minimum Gasteiger partial charge on any atom is -0.362 e. The van der Waals surface area contributed by atoms with Gasteiger partial charge in [-0.3, -0.25) is 4.79 Å². The molecule has 0 saturated heterocycles. The largest absolute Gasteiger partial charge is 0.362 e. The Kier molecular flexibility index (Phi) is 4.53. The van der Waals surface area contributed by atoms with Gasteiger partial charge < -0.3 is 4.90 Å². The first kappa shape index (κ1) is 12.8. The monoisotopic (exact) mass is 219 g/mol. The minimum absolute atomic E-state index is 0.0299. The van der Waals surface area contributed by atoms with Crippen LogP contribution >= 0.6 is 0 Å². The summed E-state index contributed by atoms with van der Waals surface area (Å²) in [5, 5.41) is 0. The van der Waals surface area contributed by atoms with E-state index in [1.807, 2.05) is 13.8 Å². The number of hydrogen-bond donors (Lipinski definition) is 0. The number of anilines is 1. The highest BCUT2D eigenvalue weighted by Gasteiger charge is 2.18. The van der Waals surface area contributed by atoms with Crippen molar-refractivity contribution in [3.63, 3.8) is 0 Å². The molecule has 0 aliphatic carbocycles. The number of benzene rings is 1. The molecule has 0 spiro atoms. The summed E-state index contributed by atoms with van der Waals surface area (Å²) in [5.41, 5.74) is 2.37. The van der Waals surface area contributed by atoms with Gasteiger partial charge in [-0.1, -0.05) is 24.6 Å². The number of carbonyl (C=O) groups excluding carboxylic acids is 1. The normalized spacial score (nSPS) is 12.2. The Hall–Kier alpha value is -1.31. The fourth-order valence-corrected chi connectivity index (χ4v) is 1.89. The summed E-state index contributed by atoms with van der Waals surface area (Å²) in [7, 11) is 0. The Balaban J connectivity index is 2.89. The summed E-state index contributed by atoms with van der Waals surface area (Å²) in [4.78, 5) is 13.9. The lowest BCUT2D eigenvalue weighted by Gasteiger charge is -2.29. The molecule has 2 nitrogen and oxygen atoms in total. The number of Topliss-reactive ketones (excluding diaryl/α,β-unsaturated/α-hetero) is 1. The Bertz CT molecular complexity index is 342. The van der Waals surface area contributed by atoms with E-state index in [1.165, 1.54) is 5.56 Å². The molecular formula is C14H21NO. The second kappa shape index (κ2) is 5.69. The highest BCUT2D eigenvalue weighted by Crippen LogP contribution is 2.18. The summed E-state index contributed by atoms with van der Waals surface area (Å²) in [6.45, 7) is 8.91. The molecule has 0 bridgehead atoms. The maximum Gasteiger partial charge on any atom is 0.154 e. The zero-order valence-electron chi connectivity index (χ0n) is 10.7. The molecule has 0 radical (unpaired) electrons. The number of aryl methyl sites for hydroxylation is 1. The van der Waals surface area contributed by atoms with Gasteiger partial charge in [0, 0.05) is 18.7 Å². The van der Waals surface area contributed by atoms with Crippen molar-refractivity contribution in [1.29, 1.82) is 0 Å². The van der Waals surface area contributed by atoms with Crippen LogP contribution in [0.1, 0.15) is 32.8 Å². The third kappa shape index (κ3) is 2.84. The molecular weight excluding hydrogens is 198 g/mol. The zero-order valence-corrected chi connectivity index (χ0v) is 10.7. The van der Waals surface area contributed by atoms with Gasteiger partial charge in [0.05, 0.1) is 6.04 Å². The summed E-state index contributed by atoms with van der Waals surface area (Å²) >= 11 is 0. The Morgan fingerprint density at radius 3 is 2.25 bits per heavy atom. The van der Waals surface area contributed by atoms with Crippen molar-refractivity contribution in [3.8, 4) is 0 Å². The van der Waals surface area contributed by atoms with Crippen molar-refractivity contribution in [2.24, 2.45) is 0 Å². The number of likely N-dealkylation sites (N-methyl/N-ethyl adjacent to an activating group) is 1. The summed E-state index contributed by atoms with van der Waals surface area (Å²) in [5.74, 6) is 0.294. The van der Waals surface area contributed by atoms with Gasteiger partial charge in [-0.2, -0.15) is 0 Å². The smallest absolute Gasteiger partial charge is 0.154 e. The average molecular weight is 219 g/mol. The zero-order chi connectivity index (χ0) is 12.1. The fourth-order valence-electron chi connectivity index (χ4n) is 1.89. The van der Waals surface area contributed by atoms with E-state index in [1.54, 1.807) is 0 Å². The molecule has 1 unspecified atom stereocenters. The molecule has 1 aromatic carbocycles.